The van der Waals surface area contributed by atoms with Gasteiger partial charge in [-0.05, 0) is 50.2 Å². The quantitative estimate of drug-likeness (QED) is 0.317. The number of H-pyrrole nitrogens is 1. The Morgan fingerprint density at radius 3 is 2.26 bits per heavy atom. The van der Waals surface area contributed by atoms with Crippen molar-refractivity contribution in [3.63, 3.8) is 0 Å². The zero-order valence-electron chi connectivity index (χ0n) is 21.5. The molecule has 0 saturated carbocycles. The van der Waals surface area contributed by atoms with Gasteiger partial charge in [0.1, 0.15) is 5.69 Å². The van der Waals surface area contributed by atoms with Crippen LogP contribution in [0, 0.1) is 0 Å². The first kappa shape index (κ1) is 31.1. The lowest BCUT2D eigenvalue weighted by atomic mass is 10.2. The maximum Gasteiger partial charge on any atom is 0.270 e. The van der Waals surface area contributed by atoms with Crippen molar-refractivity contribution >= 4 is 66.6 Å². The molecule has 0 bridgehead atoms. The maximum atomic E-state index is 13.1. The highest BCUT2D eigenvalue weighted by Crippen LogP contribution is 2.26. The number of anilines is 3. The highest BCUT2D eigenvalue weighted by molar-refractivity contribution is 7.92. The fourth-order valence-corrected chi connectivity index (χ4v) is 4.44. The van der Waals surface area contributed by atoms with Gasteiger partial charge in [-0.3, -0.25) is 14.1 Å². The fraction of sp³-hybridized carbons (Fsp3) is 0.391. The Bertz CT molecular complexity index is 1460. The van der Waals surface area contributed by atoms with Crippen molar-refractivity contribution in [3.8, 4) is 0 Å². The molecule has 38 heavy (non-hydrogen) atoms. The number of carbonyl (C=O) groups is 1. The molecule has 1 fully saturated rings. The molecule has 0 aliphatic carbocycles. The van der Waals surface area contributed by atoms with Crippen LogP contribution in [0.2, 0.25) is 0 Å². The SMILES string of the molecule is CC(C)Nc1cccnc1N1CCN(C(=O)c2cc3cc(NS(C)(=O)=O)ccc3[nH]2)CC1.CS(=O)(=O)O.Cl. The van der Waals surface area contributed by atoms with E-state index in [4.69, 9.17) is 4.55 Å². The van der Waals surface area contributed by atoms with Crippen molar-refractivity contribution < 1.29 is 26.2 Å². The Labute approximate surface area is 229 Å². The summed E-state index contributed by atoms with van der Waals surface area (Å²) < 4.78 is 51.3. The smallest absolute Gasteiger partial charge is 0.270 e. The third-order valence-corrected chi connectivity index (χ3v) is 5.86. The van der Waals surface area contributed by atoms with Gasteiger partial charge in [-0.25, -0.2) is 13.4 Å². The number of pyridine rings is 1. The molecule has 0 unspecified atom stereocenters. The number of rotatable bonds is 6. The summed E-state index contributed by atoms with van der Waals surface area (Å²) in [6, 6.07) is 11.2. The van der Waals surface area contributed by atoms with Gasteiger partial charge in [0, 0.05) is 55.0 Å². The van der Waals surface area contributed by atoms with Gasteiger partial charge in [0.25, 0.3) is 16.0 Å². The molecule has 4 N–H and O–H groups in total. The second-order valence-corrected chi connectivity index (χ2v) is 12.3. The van der Waals surface area contributed by atoms with E-state index in [-0.39, 0.29) is 18.3 Å². The van der Waals surface area contributed by atoms with E-state index < -0.39 is 20.1 Å². The summed E-state index contributed by atoms with van der Waals surface area (Å²) in [5, 5.41) is 4.21. The zero-order valence-corrected chi connectivity index (χ0v) is 24.0. The van der Waals surface area contributed by atoms with Crippen LogP contribution in [0.25, 0.3) is 10.9 Å². The van der Waals surface area contributed by atoms with Gasteiger partial charge in [0.15, 0.2) is 5.82 Å². The second-order valence-electron chi connectivity index (χ2n) is 9.05. The van der Waals surface area contributed by atoms with Crippen LogP contribution in [0.3, 0.4) is 0 Å². The number of sulfonamides is 1. The Kier molecular flexibility index (Phi) is 10.4. The van der Waals surface area contributed by atoms with E-state index in [9.17, 15) is 21.6 Å². The van der Waals surface area contributed by atoms with Crippen LogP contribution in [-0.2, 0) is 20.1 Å². The lowest BCUT2D eigenvalue weighted by molar-refractivity contribution is 0.0741. The molecule has 0 atom stereocenters. The van der Waals surface area contributed by atoms with Gasteiger partial charge >= 0.3 is 0 Å². The number of halogens is 1. The summed E-state index contributed by atoms with van der Waals surface area (Å²) >= 11 is 0. The van der Waals surface area contributed by atoms with E-state index in [2.05, 4.69) is 38.8 Å². The third-order valence-electron chi connectivity index (χ3n) is 5.25. The predicted octanol–water partition coefficient (Wildman–Crippen LogP) is 2.64. The lowest BCUT2D eigenvalue weighted by Gasteiger charge is -2.36. The summed E-state index contributed by atoms with van der Waals surface area (Å²) in [6.45, 7) is 6.75. The van der Waals surface area contributed by atoms with E-state index in [0.717, 1.165) is 28.7 Å². The molecule has 1 aromatic carbocycles. The number of hydrogen-bond donors (Lipinski definition) is 4. The van der Waals surface area contributed by atoms with Crippen LogP contribution in [0.1, 0.15) is 24.3 Å². The van der Waals surface area contributed by atoms with Gasteiger partial charge in [-0.2, -0.15) is 8.42 Å². The summed E-state index contributed by atoms with van der Waals surface area (Å²) in [4.78, 5) is 24.8. The molecular weight excluding hydrogens is 556 g/mol. The number of benzene rings is 1. The van der Waals surface area contributed by atoms with Crippen molar-refractivity contribution in [3.05, 3.63) is 48.3 Å². The number of fused-ring (bicyclic) bond motifs is 1. The van der Waals surface area contributed by atoms with Crippen molar-refractivity contribution in [2.45, 2.75) is 19.9 Å². The highest BCUT2D eigenvalue weighted by atomic mass is 35.5. The van der Waals surface area contributed by atoms with E-state index in [1.165, 1.54) is 0 Å². The van der Waals surface area contributed by atoms with Crippen LogP contribution < -0.4 is 14.9 Å². The predicted molar refractivity (Wildman–Crippen MR) is 153 cm³/mol. The second kappa shape index (κ2) is 12.7. The van der Waals surface area contributed by atoms with Gasteiger partial charge in [0.05, 0.1) is 18.2 Å². The number of aromatic nitrogens is 2. The van der Waals surface area contributed by atoms with Crippen molar-refractivity contribution in [1.82, 2.24) is 14.9 Å². The Morgan fingerprint density at radius 1 is 1.05 bits per heavy atom. The molecule has 2 aromatic heterocycles. The third kappa shape index (κ3) is 9.35. The van der Waals surface area contributed by atoms with Gasteiger partial charge < -0.3 is 20.1 Å². The molecule has 12 nitrogen and oxygen atoms in total. The molecule has 1 aliphatic rings. The van der Waals surface area contributed by atoms with Gasteiger partial charge in [-0.1, -0.05) is 0 Å². The molecular formula is C23H33ClN6O6S2. The lowest BCUT2D eigenvalue weighted by Crippen LogP contribution is -2.49. The van der Waals surface area contributed by atoms with Crippen molar-refractivity contribution in [1.29, 1.82) is 0 Å². The standard InChI is InChI=1S/C22H28N6O3S.CH4O3S.ClH/c1-15(2)24-19-5-4-8-23-21(19)27-9-11-28(12-10-27)22(29)20-14-16-13-17(26-32(3,30)31)6-7-18(16)25-20;1-5(2,3)4;/h4-8,13-15,24-26H,9-12H2,1-3H3;1H3,(H,2,3,4);1H. The average Bonchev–Trinajstić information content (AvgIpc) is 3.20. The van der Waals surface area contributed by atoms with Gasteiger partial charge in [0.2, 0.25) is 10.0 Å². The van der Waals surface area contributed by atoms with E-state index in [1.807, 2.05) is 17.0 Å². The maximum absolute atomic E-state index is 13.1. The number of amides is 1. The number of aromatic amines is 1. The normalized spacial score (nSPS) is 13.9. The topological polar surface area (TPSA) is 165 Å². The molecule has 210 valence electrons. The minimum Gasteiger partial charge on any atom is -0.380 e. The largest absolute Gasteiger partial charge is 0.380 e. The number of carbonyl (C=O) groups excluding carboxylic acids is 1. The first-order chi connectivity index (χ1) is 17.2. The molecule has 3 heterocycles. The summed E-state index contributed by atoms with van der Waals surface area (Å²) in [5.41, 5.74) is 2.73. The molecule has 1 aliphatic heterocycles. The van der Waals surface area contributed by atoms with E-state index in [0.29, 0.717) is 49.9 Å². The van der Waals surface area contributed by atoms with Crippen LogP contribution >= 0.6 is 12.4 Å². The summed E-state index contributed by atoms with van der Waals surface area (Å²) in [6.07, 6.45) is 3.61. The van der Waals surface area contributed by atoms with Crippen LogP contribution in [0.15, 0.2) is 42.6 Å². The highest BCUT2D eigenvalue weighted by Gasteiger charge is 2.25. The Balaban J connectivity index is 0.000000774. The average molecular weight is 589 g/mol. The molecule has 1 amide bonds. The number of hydrogen-bond acceptors (Lipinski definition) is 8. The minimum atomic E-state index is -3.67. The number of nitrogens with zero attached hydrogens (tertiary/aromatic N) is 3. The first-order valence-electron chi connectivity index (χ1n) is 11.5. The van der Waals surface area contributed by atoms with Crippen LogP contribution in [-0.4, -0.2) is 86.9 Å². The van der Waals surface area contributed by atoms with Crippen molar-refractivity contribution in [2.24, 2.45) is 0 Å². The Hall–Kier alpha value is -3.07. The van der Waals surface area contributed by atoms with E-state index in [1.54, 1.807) is 30.5 Å². The summed E-state index contributed by atoms with van der Waals surface area (Å²) in [7, 11) is -7.03. The molecule has 1 saturated heterocycles. The molecule has 15 heteroatoms. The van der Waals surface area contributed by atoms with Crippen LogP contribution in [0.5, 0.6) is 0 Å². The molecule has 0 radical (unpaired) electrons. The van der Waals surface area contributed by atoms with Crippen molar-refractivity contribution in [2.75, 3.05) is 53.6 Å². The molecule has 3 aromatic rings. The van der Waals surface area contributed by atoms with Gasteiger partial charge in [-0.15, -0.1) is 12.4 Å². The van der Waals surface area contributed by atoms with Crippen LogP contribution in [0.4, 0.5) is 17.2 Å². The fourth-order valence-electron chi connectivity index (χ4n) is 3.89. The van der Waals surface area contributed by atoms with E-state index >= 15 is 0 Å². The number of piperazine rings is 1. The molecule has 0 spiro atoms. The summed E-state index contributed by atoms with van der Waals surface area (Å²) in [5.74, 6) is 0.838. The Morgan fingerprint density at radius 2 is 1.68 bits per heavy atom. The zero-order chi connectivity index (χ0) is 27.4. The monoisotopic (exact) mass is 588 g/mol. The first-order valence-corrected chi connectivity index (χ1v) is 15.2. The number of nitrogens with one attached hydrogen (secondary N) is 3. The molecule has 4 rings (SSSR count). The minimum absolute atomic E-state index is 0.